The molecule has 1 aliphatic heterocycles. The molecule has 0 fully saturated rings. The molecule has 0 aromatic heterocycles. The molecule has 1 unspecified atom stereocenters. The van der Waals surface area contributed by atoms with Crippen LogP contribution in [0.4, 0.5) is 5.69 Å². The predicted octanol–water partition coefficient (Wildman–Crippen LogP) is 5.21. The Labute approximate surface area is 154 Å². The van der Waals surface area contributed by atoms with Crippen LogP contribution in [0.25, 0.3) is 0 Å². The van der Waals surface area contributed by atoms with E-state index in [4.69, 9.17) is 0 Å². The van der Waals surface area contributed by atoms with E-state index >= 15 is 0 Å². The molecule has 26 heavy (non-hydrogen) atoms. The van der Waals surface area contributed by atoms with E-state index in [1.54, 1.807) is 0 Å². The monoisotopic (exact) mass is 341 g/mol. The van der Waals surface area contributed by atoms with Crippen molar-refractivity contribution < 1.29 is 4.79 Å². The smallest absolute Gasteiger partial charge is 0.231 e. The minimum Gasteiger partial charge on any atom is -0.325 e. The second kappa shape index (κ2) is 6.80. The molecule has 0 saturated heterocycles. The highest BCUT2D eigenvalue weighted by atomic mass is 16.2. The molecule has 1 amide bonds. The topological polar surface area (TPSA) is 29.1 Å². The zero-order chi connectivity index (χ0) is 18.0. The molecule has 2 nitrogen and oxygen atoms in total. The summed E-state index contributed by atoms with van der Waals surface area (Å²) >= 11 is 0. The standard InChI is InChI=1S/C24H23NO/c1-18-21-14-8-9-15-22(21)25-23(26)24(18,16-19-10-4-2-5-11-19)17-20-12-6-3-7-13-20/h2-15,18H,16-17H2,1H3,(H,25,26). The zero-order valence-electron chi connectivity index (χ0n) is 15.0. The fourth-order valence-electron chi connectivity index (χ4n) is 4.18. The van der Waals surface area contributed by atoms with Crippen molar-refractivity contribution in [3.63, 3.8) is 0 Å². The van der Waals surface area contributed by atoms with E-state index in [0.717, 1.165) is 18.5 Å². The number of fused-ring (bicyclic) bond motifs is 1. The van der Waals surface area contributed by atoms with Crippen LogP contribution in [0.5, 0.6) is 0 Å². The van der Waals surface area contributed by atoms with Gasteiger partial charge in [0.1, 0.15) is 0 Å². The molecule has 1 aliphatic rings. The van der Waals surface area contributed by atoms with E-state index in [0.29, 0.717) is 0 Å². The first-order valence-corrected chi connectivity index (χ1v) is 9.17. The SMILES string of the molecule is CC1c2ccccc2NC(=O)C1(Cc1ccccc1)Cc1ccccc1. The summed E-state index contributed by atoms with van der Waals surface area (Å²) in [5, 5.41) is 3.18. The van der Waals surface area contributed by atoms with E-state index in [2.05, 4.69) is 48.6 Å². The van der Waals surface area contributed by atoms with Gasteiger partial charge in [-0.1, -0.05) is 85.8 Å². The molecule has 2 heteroatoms. The normalized spacial score (nSPS) is 18.0. The van der Waals surface area contributed by atoms with Crippen molar-refractivity contribution in [2.24, 2.45) is 5.41 Å². The Hall–Kier alpha value is -2.87. The molecule has 0 aliphatic carbocycles. The molecular weight excluding hydrogens is 318 g/mol. The zero-order valence-corrected chi connectivity index (χ0v) is 15.0. The number of para-hydroxylation sites is 1. The molecule has 0 saturated carbocycles. The van der Waals surface area contributed by atoms with Crippen molar-refractivity contribution in [2.45, 2.75) is 25.7 Å². The Bertz CT molecular complexity index is 860. The van der Waals surface area contributed by atoms with Crippen LogP contribution in [0, 0.1) is 5.41 Å². The second-order valence-electron chi connectivity index (χ2n) is 7.24. The van der Waals surface area contributed by atoms with Crippen molar-refractivity contribution in [2.75, 3.05) is 5.32 Å². The van der Waals surface area contributed by atoms with Gasteiger partial charge in [-0.3, -0.25) is 4.79 Å². The summed E-state index contributed by atoms with van der Waals surface area (Å²) in [5.41, 5.74) is 4.06. The first-order valence-electron chi connectivity index (χ1n) is 9.17. The third-order valence-electron chi connectivity index (χ3n) is 5.68. The van der Waals surface area contributed by atoms with Crippen molar-refractivity contribution in [3.05, 3.63) is 102 Å². The molecule has 3 aromatic rings. The van der Waals surface area contributed by atoms with Crippen LogP contribution >= 0.6 is 0 Å². The van der Waals surface area contributed by atoms with Gasteiger partial charge < -0.3 is 5.32 Å². The Morgan fingerprint density at radius 3 is 1.85 bits per heavy atom. The van der Waals surface area contributed by atoms with Crippen molar-refractivity contribution in [3.8, 4) is 0 Å². The number of carbonyl (C=O) groups excluding carboxylic acids is 1. The molecule has 4 rings (SSSR count). The van der Waals surface area contributed by atoms with E-state index < -0.39 is 5.41 Å². The maximum Gasteiger partial charge on any atom is 0.231 e. The van der Waals surface area contributed by atoms with Crippen LogP contribution in [-0.4, -0.2) is 5.91 Å². The first-order chi connectivity index (χ1) is 12.7. The number of hydrogen-bond acceptors (Lipinski definition) is 1. The predicted molar refractivity (Wildman–Crippen MR) is 106 cm³/mol. The number of nitrogens with one attached hydrogen (secondary N) is 1. The van der Waals surface area contributed by atoms with E-state index in [-0.39, 0.29) is 11.8 Å². The number of amides is 1. The highest BCUT2D eigenvalue weighted by Gasteiger charge is 2.47. The maximum absolute atomic E-state index is 13.4. The third-order valence-corrected chi connectivity index (χ3v) is 5.68. The molecular formula is C24H23NO. The van der Waals surface area contributed by atoms with E-state index in [9.17, 15) is 4.79 Å². The number of rotatable bonds is 4. The van der Waals surface area contributed by atoms with Gasteiger partial charge in [-0.25, -0.2) is 0 Å². The van der Waals surface area contributed by atoms with Crippen LogP contribution in [0.15, 0.2) is 84.9 Å². The summed E-state index contributed by atoms with van der Waals surface area (Å²) in [6.07, 6.45) is 1.45. The summed E-state index contributed by atoms with van der Waals surface area (Å²) in [4.78, 5) is 13.4. The molecule has 1 atom stereocenters. The van der Waals surface area contributed by atoms with Crippen molar-refractivity contribution in [1.29, 1.82) is 0 Å². The summed E-state index contributed by atoms with van der Waals surface area (Å²) in [5.74, 6) is 0.254. The largest absolute Gasteiger partial charge is 0.325 e. The lowest BCUT2D eigenvalue weighted by Gasteiger charge is -2.43. The van der Waals surface area contributed by atoms with Crippen LogP contribution < -0.4 is 5.32 Å². The second-order valence-corrected chi connectivity index (χ2v) is 7.24. The van der Waals surface area contributed by atoms with Gasteiger partial charge in [-0.2, -0.15) is 0 Å². The Morgan fingerprint density at radius 1 is 0.769 bits per heavy atom. The third kappa shape index (κ3) is 2.92. The van der Waals surface area contributed by atoms with Gasteiger partial charge in [0.25, 0.3) is 0 Å². The van der Waals surface area contributed by atoms with Crippen LogP contribution in [-0.2, 0) is 17.6 Å². The first kappa shape index (κ1) is 16.6. The van der Waals surface area contributed by atoms with Gasteiger partial charge >= 0.3 is 0 Å². The number of anilines is 1. The summed E-state index contributed by atoms with van der Waals surface area (Å²) in [7, 11) is 0. The average molecular weight is 341 g/mol. The summed E-state index contributed by atoms with van der Waals surface area (Å²) < 4.78 is 0. The molecule has 1 heterocycles. The quantitative estimate of drug-likeness (QED) is 0.693. The summed E-state index contributed by atoms with van der Waals surface area (Å²) in [6.45, 7) is 2.20. The number of benzene rings is 3. The molecule has 130 valence electrons. The van der Waals surface area contributed by atoms with Crippen molar-refractivity contribution >= 4 is 11.6 Å². The minimum atomic E-state index is -0.503. The highest BCUT2D eigenvalue weighted by Crippen LogP contribution is 2.48. The fourth-order valence-corrected chi connectivity index (χ4v) is 4.18. The van der Waals surface area contributed by atoms with E-state index in [1.807, 2.05) is 48.5 Å². The highest BCUT2D eigenvalue weighted by molar-refractivity contribution is 5.99. The van der Waals surface area contributed by atoms with Gasteiger partial charge in [0.2, 0.25) is 5.91 Å². The van der Waals surface area contributed by atoms with Gasteiger partial charge in [0, 0.05) is 5.69 Å². The lowest BCUT2D eigenvalue weighted by Crippen LogP contribution is -2.47. The Balaban J connectivity index is 1.81. The molecule has 0 bridgehead atoms. The summed E-state index contributed by atoms with van der Waals surface area (Å²) in [6, 6.07) is 28.9. The van der Waals surface area contributed by atoms with E-state index in [1.165, 1.54) is 16.7 Å². The van der Waals surface area contributed by atoms with Gasteiger partial charge in [0.05, 0.1) is 5.41 Å². The lowest BCUT2D eigenvalue weighted by atomic mass is 9.63. The van der Waals surface area contributed by atoms with Gasteiger partial charge in [0.15, 0.2) is 0 Å². The molecule has 3 aromatic carbocycles. The molecule has 0 radical (unpaired) electrons. The Morgan fingerprint density at radius 2 is 1.27 bits per heavy atom. The van der Waals surface area contributed by atoms with Crippen LogP contribution in [0.2, 0.25) is 0 Å². The van der Waals surface area contributed by atoms with Crippen molar-refractivity contribution in [1.82, 2.24) is 0 Å². The van der Waals surface area contributed by atoms with Crippen LogP contribution in [0.3, 0.4) is 0 Å². The Kier molecular flexibility index (Phi) is 4.34. The van der Waals surface area contributed by atoms with Gasteiger partial charge in [-0.15, -0.1) is 0 Å². The van der Waals surface area contributed by atoms with Gasteiger partial charge in [-0.05, 0) is 41.5 Å². The molecule has 0 spiro atoms. The fraction of sp³-hybridized carbons (Fsp3) is 0.208. The average Bonchev–Trinajstić information content (AvgIpc) is 2.68. The number of hydrogen-bond donors (Lipinski definition) is 1. The lowest BCUT2D eigenvalue weighted by molar-refractivity contribution is -0.127. The van der Waals surface area contributed by atoms with Crippen LogP contribution in [0.1, 0.15) is 29.5 Å². The minimum absolute atomic E-state index is 0.122. The maximum atomic E-state index is 13.4. The molecule has 1 N–H and O–H groups in total. The number of carbonyl (C=O) groups is 1.